The summed E-state index contributed by atoms with van der Waals surface area (Å²) in [7, 11) is -2.68. The number of anilines is 1. The molecule has 3 aromatic rings. The summed E-state index contributed by atoms with van der Waals surface area (Å²) in [5, 5.41) is 2.92. The van der Waals surface area contributed by atoms with Crippen molar-refractivity contribution in [2.24, 2.45) is 0 Å². The van der Waals surface area contributed by atoms with Gasteiger partial charge in [-0.2, -0.15) is 0 Å². The normalized spacial score (nSPS) is 12.4. The summed E-state index contributed by atoms with van der Waals surface area (Å²) in [5.41, 5.74) is 1.18. The predicted molar refractivity (Wildman–Crippen MR) is 158 cm³/mol. The highest BCUT2D eigenvalue weighted by Gasteiger charge is 2.34. The summed E-state index contributed by atoms with van der Waals surface area (Å²) in [6, 6.07) is 17.4. The molecule has 0 spiro atoms. The Labute approximate surface area is 242 Å². The molecule has 3 aromatic carbocycles. The van der Waals surface area contributed by atoms with E-state index in [-0.39, 0.29) is 29.5 Å². The second-order valence-electron chi connectivity index (χ2n) is 10.8. The van der Waals surface area contributed by atoms with Crippen molar-refractivity contribution in [3.05, 3.63) is 89.7 Å². The van der Waals surface area contributed by atoms with E-state index in [4.69, 9.17) is 4.74 Å². The summed E-state index contributed by atoms with van der Waals surface area (Å²) >= 11 is 0. The Morgan fingerprint density at radius 3 is 2.05 bits per heavy atom. The van der Waals surface area contributed by atoms with Crippen molar-refractivity contribution in [2.45, 2.75) is 64.1 Å². The zero-order chi connectivity index (χ0) is 30.4. The van der Waals surface area contributed by atoms with Crippen LogP contribution in [0.25, 0.3) is 0 Å². The smallest absolute Gasteiger partial charge is 0.264 e. The van der Waals surface area contributed by atoms with Crippen molar-refractivity contribution in [3.63, 3.8) is 0 Å². The highest BCUT2D eigenvalue weighted by atomic mass is 32.2. The van der Waals surface area contributed by atoms with Gasteiger partial charge in [-0.15, -0.1) is 0 Å². The van der Waals surface area contributed by atoms with Gasteiger partial charge in [0.2, 0.25) is 11.8 Å². The molecule has 0 radical (unpaired) electrons. The molecule has 220 valence electrons. The number of hydrogen-bond donors (Lipinski definition) is 1. The maximum atomic E-state index is 14.1. The lowest BCUT2D eigenvalue weighted by Gasteiger charge is -2.34. The lowest BCUT2D eigenvalue weighted by atomic mass is 10.1. The fourth-order valence-electron chi connectivity index (χ4n) is 4.27. The van der Waals surface area contributed by atoms with E-state index in [1.165, 1.54) is 48.4 Å². The molecule has 0 bridgehead atoms. The van der Waals surface area contributed by atoms with Crippen LogP contribution in [0.4, 0.5) is 10.1 Å². The maximum absolute atomic E-state index is 14.1. The maximum Gasteiger partial charge on any atom is 0.264 e. The van der Waals surface area contributed by atoms with Crippen LogP contribution in [-0.2, 0) is 26.2 Å². The van der Waals surface area contributed by atoms with E-state index in [1.807, 2.05) is 27.7 Å². The number of carbonyl (C=O) groups excluding carboxylic acids is 2. The molecule has 8 nitrogen and oxygen atoms in total. The Bertz CT molecular complexity index is 1440. The second kappa shape index (κ2) is 13.2. The van der Waals surface area contributed by atoms with Crippen LogP contribution in [0.3, 0.4) is 0 Å². The highest BCUT2D eigenvalue weighted by Crippen LogP contribution is 2.27. The van der Waals surface area contributed by atoms with Crippen LogP contribution in [0.5, 0.6) is 5.75 Å². The first-order valence-corrected chi connectivity index (χ1v) is 14.8. The molecule has 2 amide bonds. The van der Waals surface area contributed by atoms with Gasteiger partial charge in [0.1, 0.15) is 24.2 Å². The molecule has 0 fully saturated rings. The van der Waals surface area contributed by atoms with Crippen LogP contribution in [0, 0.1) is 12.7 Å². The van der Waals surface area contributed by atoms with Gasteiger partial charge in [0, 0.05) is 12.1 Å². The number of halogens is 1. The molecule has 0 heterocycles. The van der Waals surface area contributed by atoms with E-state index in [0.29, 0.717) is 11.3 Å². The minimum absolute atomic E-state index is 0.0176. The number of carbonyl (C=O) groups is 2. The number of aryl methyl sites for hydroxylation is 1. The molecule has 0 aromatic heterocycles. The van der Waals surface area contributed by atoms with Gasteiger partial charge in [0.25, 0.3) is 10.0 Å². The molecular weight excluding hydrogens is 545 g/mol. The van der Waals surface area contributed by atoms with Crippen LogP contribution < -0.4 is 14.4 Å². The molecule has 0 unspecified atom stereocenters. The van der Waals surface area contributed by atoms with Gasteiger partial charge in [-0.1, -0.05) is 36.8 Å². The molecule has 0 aliphatic heterocycles. The summed E-state index contributed by atoms with van der Waals surface area (Å²) < 4.78 is 47.7. The number of ether oxygens (including phenoxy) is 1. The van der Waals surface area contributed by atoms with Crippen molar-refractivity contribution >= 4 is 27.5 Å². The van der Waals surface area contributed by atoms with Gasteiger partial charge in [-0.05, 0) is 88.2 Å². The number of sulfonamides is 1. The van der Waals surface area contributed by atoms with Gasteiger partial charge >= 0.3 is 0 Å². The molecule has 1 N–H and O–H groups in total. The summed E-state index contributed by atoms with van der Waals surface area (Å²) in [6.07, 6.45) is 0.280. The van der Waals surface area contributed by atoms with Gasteiger partial charge in [-0.25, -0.2) is 12.8 Å². The largest absolute Gasteiger partial charge is 0.497 e. The molecule has 10 heteroatoms. The van der Waals surface area contributed by atoms with Crippen LogP contribution >= 0.6 is 0 Å². The first-order valence-electron chi connectivity index (χ1n) is 13.3. The Hall–Kier alpha value is -3.92. The fraction of sp³-hybridized carbons (Fsp3) is 0.355. The average molecular weight is 584 g/mol. The monoisotopic (exact) mass is 583 g/mol. The van der Waals surface area contributed by atoms with E-state index >= 15 is 0 Å². The van der Waals surface area contributed by atoms with E-state index < -0.39 is 39.9 Å². The molecule has 0 saturated carbocycles. The molecular formula is C31H38FN3O5S. The topological polar surface area (TPSA) is 96.0 Å². The average Bonchev–Trinajstić information content (AvgIpc) is 2.92. The predicted octanol–water partition coefficient (Wildman–Crippen LogP) is 5.06. The number of rotatable bonds is 11. The zero-order valence-corrected chi connectivity index (χ0v) is 25.2. The fourth-order valence-corrected chi connectivity index (χ4v) is 5.69. The van der Waals surface area contributed by atoms with E-state index in [0.717, 1.165) is 9.87 Å². The van der Waals surface area contributed by atoms with Gasteiger partial charge < -0.3 is 15.0 Å². The van der Waals surface area contributed by atoms with Crippen LogP contribution in [0.15, 0.2) is 77.7 Å². The number of nitrogens with one attached hydrogen (secondary N) is 1. The number of amides is 2. The van der Waals surface area contributed by atoms with Gasteiger partial charge in [0.15, 0.2) is 0 Å². The first kappa shape index (κ1) is 31.6. The Balaban J connectivity index is 2.07. The molecule has 1 atom stereocenters. The van der Waals surface area contributed by atoms with Crippen molar-refractivity contribution in [1.29, 1.82) is 0 Å². The summed E-state index contributed by atoms with van der Waals surface area (Å²) in [6.45, 7) is 8.55. The number of methoxy groups -OCH3 is 1. The summed E-state index contributed by atoms with van der Waals surface area (Å²) in [4.78, 5) is 28.8. The summed E-state index contributed by atoms with van der Waals surface area (Å²) in [5.74, 6) is -0.862. The van der Waals surface area contributed by atoms with E-state index in [9.17, 15) is 22.4 Å². The van der Waals surface area contributed by atoms with Crippen molar-refractivity contribution < 1.29 is 27.1 Å². The third-order valence-corrected chi connectivity index (χ3v) is 8.19. The lowest BCUT2D eigenvalue weighted by Crippen LogP contribution is -2.55. The van der Waals surface area contributed by atoms with Crippen LogP contribution in [-0.4, -0.2) is 50.4 Å². The van der Waals surface area contributed by atoms with E-state index in [2.05, 4.69) is 5.32 Å². The molecule has 3 rings (SSSR count). The number of nitrogens with zero attached hydrogens (tertiary/aromatic N) is 2. The Kier molecular flexibility index (Phi) is 10.1. The minimum Gasteiger partial charge on any atom is -0.497 e. The SMILES string of the molecule is CC[C@H](C(=O)NC(C)(C)C)N(Cc1ccc(F)cc1)C(=O)CN(c1ccc(OC)cc1)S(=O)(=O)c1ccc(C)cc1. The molecule has 0 saturated heterocycles. The van der Waals surface area contributed by atoms with Crippen LogP contribution in [0.1, 0.15) is 45.2 Å². The number of benzene rings is 3. The lowest BCUT2D eigenvalue weighted by molar-refractivity contribution is -0.141. The van der Waals surface area contributed by atoms with Gasteiger partial charge in [0.05, 0.1) is 17.7 Å². The molecule has 0 aliphatic rings. The third-order valence-electron chi connectivity index (χ3n) is 6.40. The van der Waals surface area contributed by atoms with Gasteiger partial charge in [-0.3, -0.25) is 13.9 Å². The third kappa shape index (κ3) is 8.29. The van der Waals surface area contributed by atoms with Crippen LogP contribution in [0.2, 0.25) is 0 Å². The van der Waals surface area contributed by atoms with Crippen molar-refractivity contribution in [2.75, 3.05) is 18.0 Å². The minimum atomic E-state index is -4.18. The second-order valence-corrected chi connectivity index (χ2v) is 12.7. The van der Waals surface area contributed by atoms with Crippen molar-refractivity contribution in [1.82, 2.24) is 10.2 Å². The Morgan fingerprint density at radius 1 is 0.951 bits per heavy atom. The molecule has 41 heavy (non-hydrogen) atoms. The molecule has 0 aliphatic carbocycles. The zero-order valence-electron chi connectivity index (χ0n) is 24.3. The first-order chi connectivity index (χ1) is 19.2. The Morgan fingerprint density at radius 2 is 1.54 bits per heavy atom. The highest BCUT2D eigenvalue weighted by molar-refractivity contribution is 7.92. The standard InChI is InChI=1S/C31H38FN3O5S/c1-7-28(30(37)33-31(3,4)5)34(20-23-10-12-24(32)13-11-23)29(36)21-35(25-14-16-26(40-6)17-15-25)41(38,39)27-18-8-22(2)9-19-27/h8-19,28H,7,20-21H2,1-6H3,(H,33,37)/t28-/m1/s1. The quantitative estimate of drug-likeness (QED) is 0.341. The van der Waals surface area contributed by atoms with Crippen molar-refractivity contribution in [3.8, 4) is 5.75 Å². The number of hydrogen-bond acceptors (Lipinski definition) is 5. The van der Waals surface area contributed by atoms with E-state index in [1.54, 1.807) is 43.3 Å².